The molecular weight excluding hydrogens is 482 g/mol. The Morgan fingerprint density at radius 2 is 1.74 bits per heavy atom. The number of benzene rings is 1. The topological polar surface area (TPSA) is 120 Å². The number of allylic oxidation sites excluding steroid dienone is 1. The number of aromatic nitrogens is 1. The summed E-state index contributed by atoms with van der Waals surface area (Å²) >= 11 is 0. The first-order valence-corrected chi connectivity index (χ1v) is 13.4. The Kier molecular flexibility index (Phi) is 8.56. The Labute approximate surface area is 223 Å². The van der Waals surface area contributed by atoms with Crippen molar-refractivity contribution in [3.63, 3.8) is 0 Å². The monoisotopic (exact) mass is 519 g/mol. The van der Waals surface area contributed by atoms with Crippen LogP contribution < -0.4 is 16.1 Å². The van der Waals surface area contributed by atoms with E-state index in [9.17, 15) is 19.2 Å². The van der Waals surface area contributed by atoms with Crippen molar-refractivity contribution < 1.29 is 19.2 Å². The van der Waals surface area contributed by atoms with Crippen LogP contribution in [0.2, 0.25) is 0 Å². The number of hydrogen-bond donors (Lipinski definition) is 3. The zero-order chi connectivity index (χ0) is 27.4. The van der Waals surface area contributed by atoms with Gasteiger partial charge in [-0.1, -0.05) is 32.1 Å². The second kappa shape index (κ2) is 11.9. The predicted octanol–water partition coefficient (Wildman–Crippen LogP) is 3.06. The zero-order valence-corrected chi connectivity index (χ0v) is 22.5. The maximum absolute atomic E-state index is 13.1. The van der Waals surface area contributed by atoms with E-state index in [-0.39, 0.29) is 48.3 Å². The van der Waals surface area contributed by atoms with Gasteiger partial charge in [0.05, 0.1) is 11.7 Å². The van der Waals surface area contributed by atoms with Crippen molar-refractivity contribution in [2.45, 2.75) is 71.5 Å². The lowest BCUT2D eigenvalue weighted by Crippen LogP contribution is -2.61. The fourth-order valence-electron chi connectivity index (χ4n) is 4.96. The third-order valence-electron chi connectivity index (χ3n) is 7.35. The summed E-state index contributed by atoms with van der Waals surface area (Å²) < 4.78 is 0. The van der Waals surface area contributed by atoms with Crippen molar-refractivity contribution in [1.29, 1.82) is 0 Å². The largest absolute Gasteiger partial charge is 0.348 e. The molecule has 3 amide bonds. The highest BCUT2D eigenvalue weighted by Crippen LogP contribution is 2.22. The summed E-state index contributed by atoms with van der Waals surface area (Å²) in [5.41, 5.74) is 4.73. The zero-order valence-electron chi connectivity index (χ0n) is 22.5. The first kappa shape index (κ1) is 27.4. The number of nitrogens with zero attached hydrogens (tertiary/aromatic N) is 2. The minimum atomic E-state index is -0.801. The van der Waals surface area contributed by atoms with Gasteiger partial charge in [-0.25, -0.2) is 5.43 Å². The van der Waals surface area contributed by atoms with Crippen LogP contribution in [0.15, 0.2) is 36.5 Å². The Balaban J connectivity index is 1.64. The van der Waals surface area contributed by atoms with Crippen LogP contribution in [0.25, 0.3) is 16.8 Å². The van der Waals surface area contributed by atoms with Crippen molar-refractivity contribution in [1.82, 2.24) is 26.1 Å². The van der Waals surface area contributed by atoms with Crippen LogP contribution in [0.4, 0.5) is 0 Å². The van der Waals surface area contributed by atoms with Crippen LogP contribution in [0, 0.1) is 11.8 Å². The molecule has 4 atom stereocenters. The van der Waals surface area contributed by atoms with Gasteiger partial charge in [-0.05, 0) is 61.8 Å². The molecule has 1 saturated heterocycles. The van der Waals surface area contributed by atoms with Gasteiger partial charge >= 0.3 is 0 Å². The van der Waals surface area contributed by atoms with E-state index in [0.717, 1.165) is 22.0 Å². The molecule has 2 aromatic rings. The van der Waals surface area contributed by atoms with E-state index in [1.54, 1.807) is 19.2 Å². The van der Waals surface area contributed by atoms with Crippen LogP contribution in [-0.2, 0) is 19.2 Å². The number of nitrogens with one attached hydrogen (secondary N) is 3. The van der Waals surface area contributed by atoms with Crippen LogP contribution in [0.5, 0.6) is 0 Å². The van der Waals surface area contributed by atoms with Gasteiger partial charge in [0.25, 0.3) is 5.91 Å². The lowest BCUT2D eigenvalue weighted by molar-refractivity contribution is -0.143. The van der Waals surface area contributed by atoms with Crippen LogP contribution in [0.3, 0.4) is 0 Å². The fourth-order valence-corrected chi connectivity index (χ4v) is 4.96. The smallest absolute Gasteiger partial charge is 0.258 e. The van der Waals surface area contributed by atoms with E-state index in [4.69, 9.17) is 0 Å². The van der Waals surface area contributed by atoms with Crippen LogP contribution in [0.1, 0.15) is 70.7 Å². The van der Waals surface area contributed by atoms with Crippen molar-refractivity contribution in [3.8, 4) is 0 Å². The molecule has 5 bridgehead atoms. The third-order valence-corrected chi connectivity index (χ3v) is 7.35. The fraction of sp³-hybridized carbons (Fsp3) is 0.483. The molecule has 2 aliphatic rings. The first-order chi connectivity index (χ1) is 18.1. The number of pyridine rings is 1. The molecule has 1 aromatic carbocycles. The third kappa shape index (κ3) is 6.45. The standard InChI is InChI=1S/C29H37N5O4/c1-17(2)25-15-24(35)8-5-7-23-14-22-13-20(10-11-21(22)16-30-23)18(3)31-28(37)26-9-6-12-34(33-26)29(38)19(4)32-27(25)36/h5,7,10-11,13-14,16-19,25-26,33H,6,8-9,12,15H2,1-4H3,(H,31,37)(H,32,36)/b7-5+/t18-,19+,25+,26+/m1/s1. The minimum absolute atomic E-state index is 0.0537. The van der Waals surface area contributed by atoms with Crippen LogP contribution >= 0.6 is 0 Å². The lowest BCUT2D eigenvalue weighted by Gasteiger charge is -2.35. The number of ketones is 1. The Morgan fingerprint density at radius 3 is 2.50 bits per heavy atom. The molecule has 0 spiro atoms. The van der Waals surface area contributed by atoms with Gasteiger partial charge in [0.1, 0.15) is 17.9 Å². The molecule has 3 N–H and O–H groups in total. The number of hydrogen-bond acceptors (Lipinski definition) is 6. The second-order valence-corrected chi connectivity index (χ2v) is 10.7. The van der Waals surface area contributed by atoms with Crippen molar-refractivity contribution in [2.24, 2.45) is 11.8 Å². The molecule has 0 aliphatic carbocycles. The number of fused-ring (bicyclic) bond motifs is 4. The second-order valence-electron chi connectivity index (χ2n) is 10.7. The molecule has 202 valence electrons. The summed E-state index contributed by atoms with van der Waals surface area (Å²) in [6, 6.07) is 6.32. The number of carbonyl (C=O) groups is 4. The number of amides is 3. The van der Waals surface area contributed by atoms with E-state index in [2.05, 4.69) is 21.0 Å². The molecule has 3 heterocycles. The van der Waals surface area contributed by atoms with Crippen LogP contribution in [-0.4, -0.2) is 52.1 Å². The number of rotatable bonds is 1. The summed E-state index contributed by atoms with van der Waals surface area (Å²) in [5.74, 6) is -1.51. The molecule has 1 aromatic heterocycles. The predicted molar refractivity (Wildman–Crippen MR) is 145 cm³/mol. The Bertz CT molecular complexity index is 1260. The molecular formula is C29H37N5O4. The summed E-state index contributed by atoms with van der Waals surface area (Å²) in [4.78, 5) is 56.5. The van der Waals surface area contributed by atoms with E-state index in [1.807, 2.05) is 51.1 Å². The van der Waals surface area contributed by atoms with Gasteiger partial charge in [-0.3, -0.25) is 29.2 Å². The molecule has 1 fully saturated rings. The van der Waals surface area contributed by atoms with E-state index >= 15 is 0 Å². The average Bonchev–Trinajstić information content (AvgIpc) is 2.90. The van der Waals surface area contributed by atoms with Crippen molar-refractivity contribution in [2.75, 3.05) is 6.54 Å². The molecule has 9 nitrogen and oxygen atoms in total. The highest BCUT2D eigenvalue weighted by atomic mass is 16.2. The summed E-state index contributed by atoms with van der Waals surface area (Å²) in [7, 11) is 0. The highest BCUT2D eigenvalue weighted by molar-refractivity contribution is 5.92. The maximum Gasteiger partial charge on any atom is 0.258 e. The summed E-state index contributed by atoms with van der Waals surface area (Å²) in [6.07, 6.45) is 6.90. The van der Waals surface area contributed by atoms with E-state index in [1.165, 1.54) is 5.01 Å². The van der Waals surface area contributed by atoms with Gasteiger partial charge < -0.3 is 10.6 Å². The normalized spacial score (nSPS) is 26.8. The van der Waals surface area contributed by atoms with E-state index in [0.29, 0.717) is 19.4 Å². The van der Waals surface area contributed by atoms with E-state index < -0.39 is 18.0 Å². The molecule has 4 rings (SSSR count). The average molecular weight is 520 g/mol. The maximum atomic E-state index is 13.1. The highest BCUT2D eigenvalue weighted by Gasteiger charge is 2.33. The first-order valence-electron chi connectivity index (χ1n) is 13.4. The van der Waals surface area contributed by atoms with Gasteiger partial charge in [0, 0.05) is 36.9 Å². The molecule has 0 radical (unpaired) electrons. The van der Waals surface area contributed by atoms with Gasteiger partial charge in [0.15, 0.2) is 0 Å². The van der Waals surface area contributed by atoms with Gasteiger partial charge in [-0.15, -0.1) is 0 Å². The number of carbonyl (C=O) groups excluding carboxylic acids is 4. The van der Waals surface area contributed by atoms with Crippen molar-refractivity contribution in [3.05, 3.63) is 47.8 Å². The summed E-state index contributed by atoms with van der Waals surface area (Å²) in [5, 5.41) is 9.24. The molecule has 2 aliphatic heterocycles. The molecule has 38 heavy (non-hydrogen) atoms. The number of hydrazine groups is 1. The SMILES string of the molecule is CC(C)[C@@H]1CC(=O)C/C=C/c2cc3cc(ccc3cn2)[C@@H](C)NC(=O)[C@@H]2CCCN(N2)C(=O)[C@H](C)NC1=O. The molecule has 9 heteroatoms. The number of Topliss-reactive ketones (excluding diaryl/α,β-unsaturated/α-hetero) is 1. The van der Waals surface area contributed by atoms with Gasteiger partial charge in [0.2, 0.25) is 11.8 Å². The van der Waals surface area contributed by atoms with Gasteiger partial charge in [-0.2, -0.15) is 0 Å². The Hall–Kier alpha value is -3.59. The summed E-state index contributed by atoms with van der Waals surface area (Å²) in [6.45, 7) is 7.78. The minimum Gasteiger partial charge on any atom is -0.348 e. The quantitative estimate of drug-likeness (QED) is 0.533. The molecule has 0 saturated carbocycles. The van der Waals surface area contributed by atoms with Crippen molar-refractivity contribution >= 4 is 40.4 Å². The molecule has 0 unspecified atom stereocenters. The Morgan fingerprint density at radius 1 is 0.974 bits per heavy atom. The lowest BCUT2D eigenvalue weighted by atomic mass is 9.89.